The Bertz CT molecular complexity index is 705. The van der Waals surface area contributed by atoms with E-state index >= 15 is 0 Å². The van der Waals surface area contributed by atoms with Crippen molar-refractivity contribution >= 4 is 57.9 Å². The van der Waals surface area contributed by atoms with Crippen molar-refractivity contribution in [1.29, 1.82) is 0 Å². The smallest absolute Gasteiger partial charge is 0.263 e. The number of anilines is 1. The number of hydrogen-bond acceptors (Lipinski definition) is 5. The van der Waals surface area contributed by atoms with Crippen LogP contribution in [0.25, 0.3) is 11.0 Å². The van der Waals surface area contributed by atoms with E-state index in [1.807, 2.05) is 17.5 Å². The van der Waals surface area contributed by atoms with E-state index in [1.165, 1.54) is 0 Å². The average molecular weight is 324 g/mol. The van der Waals surface area contributed by atoms with Crippen LogP contribution in [0.2, 0.25) is 5.15 Å². The molecule has 2 aromatic heterocycles. The lowest BCUT2D eigenvalue weighted by molar-refractivity contribution is -0.112. The van der Waals surface area contributed by atoms with Crippen molar-refractivity contribution in [2.75, 3.05) is 16.8 Å². The number of carbonyl (C=O) groups excluding carboxylic acids is 1. The molecule has 0 atom stereocenters. The fraction of sp³-hybridized carbons (Fsp3) is 0.154. The van der Waals surface area contributed by atoms with Crippen molar-refractivity contribution in [3.63, 3.8) is 0 Å². The number of amides is 1. The van der Waals surface area contributed by atoms with Gasteiger partial charge >= 0.3 is 0 Å². The maximum atomic E-state index is 12.1. The summed E-state index contributed by atoms with van der Waals surface area (Å²) in [6, 6.07) is 7.18. The molecule has 0 saturated carbocycles. The molecule has 0 radical (unpaired) electrons. The lowest BCUT2D eigenvalue weighted by Crippen LogP contribution is -2.15. The van der Waals surface area contributed by atoms with Crippen LogP contribution >= 0.6 is 35.1 Å². The van der Waals surface area contributed by atoms with Gasteiger partial charge in [0.05, 0.1) is 4.91 Å². The van der Waals surface area contributed by atoms with Crippen LogP contribution in [-0.2, 0) is 4.79 Å². The maximum absolute atomic E-state index is 12.1. The normalized spacial score (nSPS) is 14.9. The van der Waals surface area contributed by atoms with Gasteiger partial charge in [0.15, 0.2) is 5.65 Å². The lowest BCUT2D eigenvalue weighted by atomic mass is 10.3. The van der Waals surface area contributed by atoms with Crippen molar-refractivity contribution in [3.05, 3.63) is 39.7 Å². The third kappa shape index (κ3) is 3.08. The molecule has 7 heteroatoms. The van der Waals surface area contributed by atoms with Gasteiger partial charge in [0.1, 0.15) is 11.0 Å². The second-order valence-corrected chi connectivity index (χ2v) is 6.53. The molecule has 1 aliphatic rings. The Morgan fingerprint density at radius 3 is 2.85 bits per heavy atom. The van der Waals surface area contributed by atoms with E-state index in [1.54, 1.807) is 35.7 Å². The molecule has 1 amide bonds. The summed E-state index contributed by atoms with van der Waals surface area (Å²) < 4.78 is 0. The molecular weight excluding hydrogens is 314 g/mol. The maximum Gasteiger partial charge on any atom is 0.263 e. The molecule has 102 valence electrons. The van der Waals surface area contributed by atoms with E-state index in [2.05, 4.69) is 15.3 Å². The third-order valence-electron chi connectivity index (χ3n) is 2.63. The predicted octanol–water partition coefficient (Wildman–Crippen LogP) is 3.54. The zero-order chi connectivity index (χ0) is 13.9. The predicted molar refractivity (Wildman–Crippen MR) is 86.2 cm³/mol. The Labute approximate surface area is 129 Å². The summed E-state index contributed by atoms with van der Waals surface area (Å²) in [4.78, 5) is 21.2. The van der Waals surface area contributed by atoms with Gasteiger partial charge < -0.3 is 5.32 Å². The molecule has 20 heavy (non-hydrogen) atoms. The van der Waals surface area contributed by atoms with E-state index in [0.717, 1.165) is 21.8 Å². The second-order valence-electron chi connectivity index (χ2n) is 4.03. The highest BCUT2D eigenvalue weighted by Crippen LogP contribution is 2.27. The molecule has 0 spiro atoms. The Kier molecular flexibility index (Phi) is 4.14. The van der Waals surface area contributed by atoms with Crippen molar-refractivity contribution in [2.24, 2.45) is 0 Å². The SMILES string of the molecule is O=C(Nc1ccc2ccc(Cl)nc2n1)C1=CSCCS1. The fourth-order valence-corrected chi connectivity index (χ4v) is 3.83. The highest BCUT2D eigenvalue weighted by atomic mass is 35.5. The van der Waals surface area contributed by atoms with Crippen LogP contribution < -0.4 is 5.32 Å². The molecule has 0 bridgehead atoms. The van der Waals surface area contributed by atoms with Gasteiger partial charge in [-0.1, -0.05) is 11.6 Å². The molecule has 0 aliphatic carbocycles. The summed E-state index contributed by atoms with van der Waals surface area (Å²) in [5, 5.41) is 5.94. The first-order valence-electron chi connectivity index (χ1n) is 5.91. The number of rotatable bonds is 2. The fourth-order valence-electron chi connectivity index (χ4n) is 1.71. The Balaban J connectivity index is 1.83. The Morgan fingerprint density at radius 2 is 2.05 bits per heavy atom. The summed E-state index contributed by atoms with van der Waals surface area (Å²) in [7, 11) is 0. The quantitative estimate of drug-likeness (QED) is 0.857. The largest absolute Gasteiger partial charge is 0.306 e. The molecular formula is C13H10ClN3OS2. The van der Waals surface area contributed by atoms with Gasteiger partial charge in [0, 0.05) is 16.9 Å². The van der Waals surface area contributed by atoms with Crippen LogP contribution in [0.3, 0.4) is 0 Å². The first kappa shape index (κ1) is 13.7. The number of halogens is 1. The molecule has 0 fully saturated rings. The van der Waals surface area contributed by atoms with Gasteiger partial charge in [-0.25, -0.2) is 9.97 Å². The number of hydrogen-bond donors (Lipinski definition) is 1. The van der Waals surface area contributed by atoms with Crippen LogP contribution in [0.1, 0.15) is 0 Å². The molecule has 3 rings (SSSR count). The summed E-state index contributed by atoms with van der Waals surface area (Å²) in [5.74, 6) is 2.34. The first-order chi connectivity index (χ1) is 9.72. The van der Waals surface area contributed by atoms with E-state index in [-0.39, 0.29) is 5.91 Å². The van der Waals surface area contributed by atoms with Gasteiger partial charge in [-0.15, -0.1) is 23.5 Å². The standard InChI is InChI=1S/C13H10ClN3OS2/c14-10-3-1-8-2-4-11(16-12(8)15-10)17-13(18)9-7-19-5-6-20-9/h1-4,7H,5-6H2,(H,15,16,17,18). The summed E-state index contributed by atoms with van der Waals surface area (Å²) in [5.41, 5.74) is 0.523. The van der Waals surface area contributed by atoms with E-state index in [0.29, 0.717) is 16.6 Å². The minimum absolute atomic E-state index is 0.129. The topological polar surface area (TPSA) is 54.9 Å². The van der Waals surface area contributed by atoms with E-state index in [4.69, 9.17) is 11.6 Å². The molecule has 4 nitrogen and oxygen atoms in total. The zero-order valence-corrected chi connectivity index (χ0v) is 12.7. The Morgan fingerprint density at radius 1 is 1.20 bits per heavy atom. The van der Waals surface area contributed by atoms with Gasteiger partial charge in [-0.3, -0.25) is 4.79 Å². The van der Waals surface area contributed by atoms with Crippen LogP contribution in [0.5, 0.6) is 0 Å². The number of nitrogens with zero attached hydrogens (tertiary/aromatic N) is 2. The van der Waals surface area contributed by atoms with Crippen LogP contribution in [0, 0.1) is 0 Å². The average Bonchev–Trinajstić information content (AvgIpc) is 2.47. The number of aromatic nitrogens is 2. The van der Waals surface area contributed by atoms with E-state index < -0.39 is 0 Å². The molecule has 3 heterocycles. The number of fused-ring (bicyclic) bond motifs is 1. The molecule has 1 N–H and O–H groups in total. The second kappa shape index (κ2) is 6.03. The molecule has 0 unspecified atom stereocenters. The molecule has 2 aromatic rings. The summed E-state index contributed by atoms with van der Waals surface area (Å²) >= 11 is 9.06. The van der Waals surface area contributed by atoms with Crippen LogP contribution in [-0.4, -0.2) is 27.4 Å². The number of pyridine rings is 2. The van der Waals surface area contributed by atoms with Crippen molar-refractivity contribution < 1.29 is 4.79 Å². The van der Waals surface area contributed by atoms with Gasteiger partial charge in [-0.05, 0) is 29.7 Å². The van der Waals surface area contributed by atoms with Crippen molar-refractivity contribution in [2.45, 2.75) is 0 Å². The van der Waals surface area contributed by atoms with Crippen LogP contribution in [0.4, 0.5) is 5.82 Å². The molecule has 1 aliphatic heterocycles. The molecule has 0 saturated heterocycles. The van der Waals surface area contributed by atoms with E-state index in [9.17, 15) is 4.79 Å². The minimum Gasteiger partial charge on any atom is -0.306 e. The third-order valence-corrected chi connectivity index (χ3v) is 5.12. The monoisotopic (exact) mass is 323 g/mol. The van der Waals surface area contributed by atoms with Crippen LogP contribution in [0.15, 0.2) is 34.6 Å². The summed E-state index contributed by atoms with van der Waals surface area (Å²) in [6.45, 7) is 0. The van der Waals surface area contributed by atoms with Gasteiger partial charge in [-0.2, -0.15) is 0 Å². The first-order valence-corrected chi connectivity index (χ1v) is 8.33. The molecule has 0 aromatic carbocycles. The summed E-state index contributed by atoms with van der Waals surface area (Å²) in [6.07, 6.45) is 0. The Hall–Kier alpha value is -1.24. The number of nitrogens with one attached hydrogen (secondary N) is 1. The lowest BCUT2D eigenvalue weighted by Gasteiger charge is -2.11. The minimum atomic E-state index is -0.129. The highest BCUT2D eigenvalue weighted by Gasteiger charge is 2.14. The van der Waals surface area contributed by atoms with Gasteiger partial charge in [0.25, 0.3) is 5.91 Å². The zero-order valence-electron chi connectivity index (χ0n) is 10.3. The van der Waals surface area contributed by atoms with Gasteiger partial charge in [0.2, 0.25) is 0 Å². The number of thioether (sulfide) groups is 2. The highest BCUT2D eigenvalue weighted by molar-refractivity contribution is 8.10. The number of carbonyl (C=O) groups is 1. The van der Waals surface area contributed by atoms with Crippen molar-refractivity contribution in [1.82, 2.24) is 9.97 Å². The van der Waals surface area contributed by atoms with Crippen molar-refractivity contribution in [3.8, 4) is 0 Å².